The maximum atomic E-state index is 6.78. The zero-order valence-corrected chi connectivity index (χ0v) is 19.2. The first-order chi connectivity index (χ1) is 12.3. The van der Waals surface area contributed by atoms with E-state index in [1.807, 2.05) is 6.07 Å². The van der Waals surface area contributed by atoms with Crippen LogP contribution in [0.2, 0.25) is 0 Å². The van der Waals surface area contributed by atoms with Gasteiger partial charge in [-0.2, -0.15) is 0 Å². The molecular formula is C21H32ClO2PPd. The molecule has 0 aromatic heterocycles. The molecule has 150 valence electrons. The number of hydrogen-bond acceptors (Lipinski definition) is 2. The quantitative estimate of drug-likeness (QED) is 0.263. The number of para-hydroxylation sites is 1. The molecule has 2 aliphatic rings. The Morgan fingerprint density at radius 2 is 1.42 bits per heavy atom. The van der Waals surface area contributed by atoms with Crippen molar-refractivity contribution in [3.8, 4) is 11.5 Å². The smallest absolute Gasteiger partial charge is 0.200 e. The standard InChI is InChI=1S/C21H32ClO2P.Pd/c1-23-19-14-9-15-20(21(19)24-2)25(16-22,17-10-5-3-6-11-17)18-12-7-4-8-13-18;/h9,14-18H,3-8,10-13H2,1-2H3;. The Balaban J connectivity index is 0.00000243. The van der Waals surface area contributed by atoms with E-state index in [-0.39, 0.29) is 20.4 Å². The van der Waals surface area contributed by atoms with Crippen molar-refractivity contribution in [3.63, 3.8) is 0 Å². The molecule has 0 N–H and O–H groups in total. The van der Waals surface area contributed by atoms with Crippen molar-refractivity contribution in [1.82, 2.24) is 0 Å². The summed E-state index contributed by atoms with van der Waals surface area (Å²) in [6, 6.07) is 6.40. The molecule has 5 heteroatoms. The van der Waals surface area contributed by atoms with Gasteiger partial charge >= 0.3 is 0 Å². The van der Waals surface area contributed by atoms with E-state index in [0.29, 0.717) is 11.3 Å². The molecule has 2 fully saturated rings. The SMILES string of the molecule is COc1cccc([P+]([CH-]Cl)(C2CCCCC2)C2CCCCC2)c1OC.[Pd]. The van der Waals surface area contributed by atoms with Gasteiger partial charge in [-0.3, -0.25) is 0 Å². The van der Waals surface area contributed by atoms with Gasteiger partial charge in [0.1, 0.15) is 5.30 Å². The summed E-state index contributed by atoms with van der Waals surface area (Å²) in [6.07, 6.45) is 13.4. The molecule has 0 saturated heterocycles. The fraction of sp³-hybridized carbons (Fsp3) is 0.667. The predicted molar refractivity (Wildman–Crippen MR) is 110 cm³/mol. The minimum Gasteiger partial charge on any atom is -0.493 e. The first-order valence-corrected chi connectivity index (χ1v) is 12.3. The molecule has 0 unspecified atom stereocenters. The van der Waals surface area contributed by atoms with Crippen LogP contribution in [-0.4, -0.2) is 25.5 Å². The Bertz CT molecular complexity index is 539. The van der Waals surface area contributed by atoms with Crippen LogP contribution in [-0.2, 0) is 20.4 Å². The molecule has 2 aliphatic carbocycles. The van der Waals surface area contributed by atoms with Crippen molar-refractivity contribution in [1.29, 1.82) is 0 Å². The van der Waals surface area contributed by atoms with Crippen LogP contribution in [0, 0.1) is 5.62 Å². The second-order valence-corrected chi connectivity index (χ2v) is 11.9. The van der Waals surface area contributed by atoms with Gasteiger partial charge in [-0.05, 0) is 63.5 Å². The number of hydrogen-bond donors (Lipinski definition) is 0. The third kappa shape index (κ3) is 4.28. The van der Waals surface area contributed by atoms with Gasteiger partial charge in [-0.15, -0.1) is 0 Å². The van der Waals surface area contributed by atoms with Crippen LogP contribution in [0.5, 0.6) is 11.5 Å². The Labute approximate surface area is 178 Å². The summed E-state index contributed by atoms with van der Waals surface area (Å²) in [5.74, 6) is 1.76. The van der Waals surface area contributed by atoms with Crippen molar-refractivity contribution in [2.24, 2.45) is 0 Å². The van der Waals surface area contributed by atoms with Gasteiger partial charge in [0, 0.05) is 31.7 Å². The Morgan fingerprint density at radius 3 is 1.85 bits per heavy atom. The second-order valence-electron chi connectivity index (χ2n) is 7.53. The molecule has 3 rings (SSSR count). The Kier molecular flexibility index (Phi) is 9.23. The van der Waals surface area contributed by atoms with Crippen LogP contribution in [0.25, 0.3) is 0 Å². The number of methoxy groups -OCH3 is 2. The minimum absolute atomic E-state index is 0. The first kappa shape index (κ1) is 22.5. The van der Waals surface area contributed by atoms with Gasteiger partial charge in [0.25, 0.3) is 0 Å². The molecule has 26 heavy (non-hydrogen) atoms. The number of halogens is 1. The van der Waals surface area contributed by atoms with E-state index in [2.05, 4.69) is 17.8 Å². The van der Waals surface area contributed by atoms with Crippen LogP contribution >= 0.6 is 18.9 Å². The molecule has 1 aromatic rings. The van der Waals surface area contributed by atoms with Crippen molar-refractivity contribution in [3.05, 3.63) is 23.8 Å². The van der Waals surface area contributed by atoms with Crippen LogP contribution in [0.3, 0.4) is 0 Å². The summed E-state index contributed by atoms with van der Waals surface area (Å²) in [4.78, 5) is 0. The van der Waals surface area contributed by atoms with E-state index in [9.17, 15) is 0 Å². The molecule has 0 bridgehead atoms. The van der Waals surface area contributed by atoms with Gasteiger partial charge in [-0.1, -0.05) is 31.8 Å². The largest absolute Gasteiger partial charge is 0.493 e. The van der Waals surface area contributed by atoms with Gasteiger partial charge in [0.2, 0.25) is 5.75 Å². The fourth-order valence-electron chi connectivity index (χ4n) is 5.10. The Hall–Kier alpha value is 0.202. The van der Waals surface area contributed by atoms with Crippen LogP contribution in [0.4, 0.5) is 0 Å². The third-order valence-electron chi connectivity index (χ3n) is 6.32. The molecule has 0 amide bonds. The summed E-state index contributed by atoms with van der Waals surface area (Å²) in [6.45, 7) is 0. The molecule has 2 nitrogen and oxygen atoms in total. The topological polar surface area (TPSA) is 18.5 Å². The monoisotopic (exact) mass is 488 g/mol. The molecule has 2 saturated carbocycles. The van der Waals surface area contributed by atoms with E-state index in [1.165, 1.54) is 69.5 Å². The fourth-order valence-corrected chi connectivity index (χ4v) is 11.5. The van der Waals surface area contributed by atoms with Gasteiger partial charge in [0.15, 0.2) is 5.75 Å². The van der Waals surface area contributed by atoms with Gasteiger partial charge in [-0.25, -0.2) is 0 Å². The van der Waals surface area contributed by atoms with Crippen LogP contribution < -0.4 is 14.8 Å². The van der Waals surface area contributed by atoms with Crippen molar-refractivity contribution >= 4 is 24.2 Å². The van der Waals surface area contributed by atoms with Gasteiger partial charge < -0.3 is 21.1 Å². The first-order valence-electron chi connectivity index (χ1n) is 9.82. The summed E-state index contributed by atoms with van der Waals surface area (Å²) < 4.78 is 11.5. The molecule has 0 atom stereocenters. The minimum atomic E-state index is -1.64. The average molecular weight is 489 g/mol. The normalized spacial score (nSPS) is 19.7. The van der Waals surface area contributed by atoms with Crippen molar-refractivity contribution in [2.75, 3.05) is 14.2 Å². The predicted octanol–water partition coefficient (Wildman–Crippen LogP) is 6.37. The Morgan fingerprint density at radius 1 is 0.885 bits per heavy atom. The molecule has 0 aliphatic heterocycles. The van der Waals surface area contributed by atoms with E-state index >= 15 is 0 Å². The molecule has 0 spiro atoms. The third-order valence-corrected chi connectivity index (χ3v) is 12.2. The average Bonchev–Trinajstić information content (AvgIpc) is 2.70. The second kappa shape index (κ2) is 10.7. The summed E-state index contributed by atoms with van der Waals surface area (Å²) in [7, 11) is 1.86. The maximum Gasteiger partial charge on any atom is 0.200 e. The molecule has 1 aromatic carbocycles. The zero-order chi connectivity index (χ0) is 17.7. The summed E-state index contributed by atoms with van der Waals surface area (Å²) >= 11 is 6.78. The van der Waals surface area contributed by atoms with E-state index in [1.54, 1.807) is 14.2 Å². The summed E-state index contributed by atoms with van der Waals surface area (Å²) in [5, 5.41) is 1.35. The van der Waals surface area contributed by atoms with Gasteiger partial charge in [0.05, 0.1) is 14.2 Å². The molecule has 0 radical (unpaired) electrons. The van der Waals surface area contributed by atoms with E-state index in [4.69, 9.17) is 21.1 Å². The molecular weight excluding hydrogens is 457 g/mol. The van der Waals surface area contributed by atoms with Crippen molar-refractivity contribution in [2.45, 2.75) is 75.5 Å². The van der Waals surface area contributed by atoms with Crippen LogP contribution in [0.1, 0.15) is 64.2 Å². The zero-order valence-electron chi connectivity index (χ0n) is 16.0. The number of ether oxygens (including phenoxy) is 2. The van der Waals surface area contributed by atoms with Crippen LogP contribution in [0.15, 0.2) is 18.2 Å². The molecule has 0 heterocycles. The maximum absolute atomic E-state index is 6.78. The number of benzene rings is 1. The van der Waals surface area contributed by atoms with E-state index < -0.39 is 7.26 Å². The van der Waals surface area contributed by atoms with Crippen molar-refractivity contribution < 1.29 is 29.9 Å². The number of rotatable bonds is 6. The van der Waals surface area contributed by atoms with E-state index in [0.717, 1.165) is 11.5 Å². The summed E-state index contributed by atoms with van der Waals surface area (Å²) in [5.41, 5.74) is 3.54.